The minimum Gasteiger partial charge on any atom is -0.353 e. The lowest BCUT2D eigenvalue weighted by Crippen LogP contribution is -2.51. The van der Waals surface area contributed by atoms with Crippen LogP contribution < -0.4 is 10.2 Å². The van der Waals surface area contributed by atoms with Crippen molar-refractivity contribution in [2.24, 2.45) is 0 Å². The quantitative estimate of drug-likeness (QED) is 0.648. The van der Waals surface area contributed by atoms with E-state index in [2.05, 4.69) is 34.0 Å². The van der Waals surface area contributed by atoms with E-state index in [1.807, 2.05) is 29.2 Å². The van der Waals surface area contributed by atoms with Gasteiger partial charge in [-0.15, -0.1) is 24.8 Å². The van der Waals surface area contributed by atoms with E-state index in [1.54, 1.807) is 6.33 Å². The highest BCUT2D eigenvalue weighted by molar-refractivity contribution is 6.30. The first-order valence-electron chi connectivity index (χ1n) is 10.9. The van der Waals surface area contributed by atoms with E-state index in [9.17, 15) is 4.79 Å². The molecule has 2 atom stereocenters. The molecule has 1 aromatic heterocycles. The molecule has 1 aliphatic carbocycles. The molecule has 1 aromatic carbocycles. The second-order valence-electron chi connectivity index (χ2n) is 8.22. The number of piperazine rings is 1. The molecule has 0 unspecified atom stereocenters. The standard InChI is InChI=1S/C23H30ClN5O.2ClH/c1-3-25-14-19(17-5-7-18(24)8-6-17)23(30)29-12-10-28(11-13-29)22-21-16(2)4-9-20(21)26-15-27-22;;/h5-8,15-16,19,25H,3-4,9-14H2,1-2H3;2*1H/t16-,19+;;/m1../s1. The van der Waals surface area contributed by atoms with Crippen LogP contribution in [-0.2, 0) is 11.2 Å². The lowest BCUT2D eigenvalue weighted by atomic mass is 9.97. The van der Waals surface area contributed by atoms with Gasteiger partial charge in [-0.25, -0.2) is 9.97 Å². The largest absolute Gasteiger partial charge is 0.353 e. The van der Waals surface area contributed by atoms with Crippen molar-refractivity contribution in [3.05, 3.63) is 52.4 Å². The third-order valence-corrected chi connectivity index (χ3v) is 6.56. The summed E-state index contributed by atoms with van der Waals surface area (Å²) in [6.45, 7) is 8.81. The molecule has 0 spiro atoms. The van der Waals surface area contributed by atoms with Crippen LogP contribution in [0.25, 0.3) is 0 Å². The lowest BCUT2D eigenvalue weighted by Gasteiger charge is -2.38. The zero-order chi connectivity index (χ0) is 21.1. The van der Waals surface area contributed by atoms with Crippen LogP contribution in [0.5, 0.6) is 0 Å². The summed E-state index contributed by atoms with van der Waals surface area (Å²) in [4.78, 5) is 26.8. The Bertz CT molecular complexity index is 888. The van der Waals surface area contributed by atoms with E-state index in [0.29, 0.717) is 30.6 Å². The Balaban J connectivity index is 0.00000181. The minimum atomic E-state index is -0.197. The summed E-state index contributed by atoms with van der Waals surface area (Å²) in [5.74, 6) is 1.56. The SMILES string of the molecule is CCNC[C@H](C(=O)N1CCN(c2ncnc3c2[C@H](C)CC3)CC1)c1ccc(Cl)cc1.Cl.Cl. The van der Waals surface area contributed by atoms with Crippen LogP contribution in [0.1, 0.15) is 48.9 Å². The van der Waals surface area contributed by atoms with Gasteiger partial charge in [-0.3, -0.25) is 4.79 Å². The fourth-order valence-corrected chi connectivity index (χ4v) is 4.69. The van der Waals surface area contributed by atoms with Gasteiger partial charge in [-0.05, 0) is 43.0 Å². The zero-order valence-corrected chi connectivity index (χ0v) is 21.0. The average Bonchev–Trinajstić information content (AvgIpc) is 3.16. The maximum absolute atomic E-state index is 13.4. The van der Waals surface area contributed by atoms with Crippen LogP contribution >= 0.6 is 36.4 Å². The molecule has 1 saturated heterocycles. The molecule has 4 rings (SSSR count). The zero-order valence-electron chi connectivity index (χ0n) is 18.6. The Hall–Kier alpha value is -1.60. The molecule has 1 fully saturated rings. The maximum Gasteiger partial charge on any atom is 0.231 e. The van der Waals surface area contributed by atoms with Gasteiger partial charge in [0.25, 0.3) is 0 Å². The van der Waals surface area contributed by atoms with Crippen LogP contribution in [0, 0.1) is 0 Å². The van der Waals surface area contributed by atoms with Gasteiger partial charge in [0.15, 0.2) is 0 Å². The number of aryl methyl sites for hydroxylation is 1. The Morgan fingerprint density at radius 3 is 2.50 bits per heavy atom. The van der Waals surface area contributed by atoms with Crippen LogP contribution in [0.3, 0.4) is 0 Å². The molecule has 0 saturated carbocycles. The first-order valence-corrected chi connectivity index (χ1v) is 11.3. The Labute approximate surface area is 208 Å². The number of likely N-dealkylation sites (N-methyl/N-ethyl adjacent to an activating group) is 1. The number of hydrogen-bond donors (Lipinski definition) is 1. The van der Waals surface area contributed by atoms with E-state index >= 15 is 0 Å². The molecule has 1 amide bonds. The molecule has 176 valence electrons. The summed E-state index contributed by atoms with van der Waals surface area (Å²) in [6, 6.07) is 7.64. The maximum atomic E-state index is 13.4. The summed E-state index contributed by atoms with van der Waals surface area (Å²) >= 11 is 6.05. The number of anilines is 1. The number of amides is 1. The number of aromatic nitrogens is 2. The van der Waals surface area contributed by atoms with Crippen molar-refractivity contribution >= 4 is 48.1 Å². The van der Waals surface area contributed by atoms with E-state index in [4.69, 9.17) is 11.6 Å². The Morgan fingerprint density at radius 1 is 1.16 bits per heavy atom. The first kappa shape index (κ1) is 26.7. The smallest absolute Gasteiger partial charge is 0.231 e. The van der Waals surface area contributed by atoms with Crippen molar-refractivity contribution in [3.63, 3.8) is 0 Å². The number of carbonyl (C=O) groups excluding carboxylic acids is 1. The number of benzene rings is 1. The monoisotopic (exact) mass is 499 g/mol. The fourth-order valence-electron chi connectivity index (χ4n) is 4.57. The van der Waals surface area contributed by atoms with Gasteiger partial charge in [0.2, 0.25) is 5.91 Å². The number of fused-ring (bicyclic) bond motifs is 1. The predicted molar refractivity (Wildman–Crippen MR) is 135 cm³/mol. The molecule has 32 heavy (non-hydrogen) atoms. The highest BCUT2D eigenvalue weighted by atomic mass is 35.5. The molecule has 0 bridgehead atoms. The van der Waals surface area contributed by atoms with Gasteiger partial charge < -0.3 is 15.1 Å². The van der Waals surface area contributed by atoms with Crippen molar-refractivity contribution in [2.45, 2.75) is 38.5 Å². The van der Waals surface area contributed by atoms with Gasteiger partial charge >= 0.3 is 0 Å². The number of nitrogens with zero attached hydrogens (tertiary/aromatic N) is 4. The summed E-state index contributed by atoms with van der Waals surface area (Å²) in [5, 5.41) is 4.03. The number of halogens is 3. The second-order valence-corrected chi connectivity index (χ2v) is 8.66. The van der Waals surface area contributed by atoms with E-state index in [-0.39, 0.29) is 36.6 Å². The Kier molecular flexibility index (Phi) is 10.0. The van der Waals surface area contributed by atoms with Gasteiger partial charge in [0, 0.05) is 49.0 Å². The van der Waals surface area contributed by atoms with Crippen molar-refractivity contribution in [3.8, 4) is 0 Å². The van der Waals surface area contributed by atoms with Crippen LogP contribution in [-0.4, -0.2) is 60.0 Å². The Morgan fingerprint density at radius 2 is 1.84 bits per heavy atom. The van der Waals surface area contributed by atoms with Gasteiger partial charge in [0.05, 0.1) is 5.92 Å². The summed E-state index contributed by atoms with van der Waals surface area (Å²) in [7, 11) is 0. The van der Waals surface area contributed by atoms with Gasteiger partial charge in [0.1, 0.15) is 12.1 Å². The first-order chi connectivity index (χ1) is 14.6. The molecule has 2 heterocycles. The molecule has 2 aliphatic rings. The van der Waals surface area contributed by atoms with Crippen molar-refractivity contribution in [1.82, 2.24) is 20.2 Å². The van der Waals surface area contributed by atoms with Crippen molar-refractivity contribution in [2.75, 3.05) is 44.2 Å². The average molecular weight is 501 g/mol. The van der Waals surface area contributed by atoms with Crippen molar-refractivity contribution in [1.29, 1.82) is 0 Å². The highest BCUT2D eigenvalue weighted by Gasteiger charge is 2.31. The van der Waals surface area contributed by atoms with Gasteiger partial charge in [-0.1, -0.05) is 37.6 Å². The third-order valence-electron chi connectivity index (χ3n) is 6.31. The number of hydrogen-bond acceptors (Lipinski definition) is 5. The number of carbonyl (C=O) groups is 1. The van der Waals surface area contributed by atoms with Crippen LogP contribution in [0.2, 0.25) is 5.02 Å². The summed E-state index contributed by atoms with van der Waals surface area (Å²) < 4.78 is 0. The summed E-state index contributed by atoms with van der Waals surface area (Å²) in [6.07, 6.45) is 3.88. The minimum absolute atomic E-state index is 0. The lowest BCUT2D eigenvalue weighted by molar-refractivity contribution is -0.133. The van der Waals surface area contributed by atoms with Crippen LogP contribution in [0.4, 0.5) is 5.82 Å². The van der Waals surface area contributed by atoms with E-state index in [0.717, 1.165) is 43.9 Å². The van der Waals surface area contributed by atoms with Crippen molar-refractivity contribution < 1.29 is 4.79 Å². The molecule has 1 aliphatic heterocycles. The molecule has 0 radical (unpaired) electrons. The third kappa shape index (κ3) is 5.66. The second kappa shape index (κ2) is 12.0. The highest BCUT2D eigenvalue weighted by Crippen LogP contribution is 2.37. The molecule has 6 nitrogen and oxygen atoms in total. The molecule has 2 aromatic rings. The molecule has 9 heteroatoms. The molecular formula is C23H32Cl3N5O. The number of rotatable bonds is 6. The van der Waals surface area contributed by atoms with E-state index in [1.165, 1.54) is 11.3 Å². The van der Waals surface area contributed by atoms with Crippen LogP contribution in [0.15, 0.2) is 30.6 Å². The van der Waals surface area contributed by atoms with E-state index < -0.39 is 0 Å². The predicted octanol–water partition coefficient (Wildman–Crippen LogP) is 4.07. The molecule has 1 N–H and O–H groups in total. The molecular weight excluding hydrogens is 469 g/mol. The number of nitrogens with one attached hydrogen (secondary N) is 1. The van der Waals surface area contributed by atoms with Gasteiger partial charge in [-0.2, -0.15) is 0 Å². The summed E-state index contributed by atoms with van der Waals surface area (Å²) in [5.41, 5.74) is 3.51. The normalized spacial score (nSPS) is 18.4. The fraction of sp³-hybridized carbons (Fsp3) is 0.522. The topological polar surface area (TPSA) is 61.4 Å².